The summed E-state index contributed by atoms with van der Waals surface area (Å²) in [4.78, 5) is 17.7. The van der Waals surface area contributed by atoms with Crippen LogP contribution in [0.4, 0.5) is 5.69 Å². The Morgan fingerprint density at radius 3 is 2.50 bits per heavy atom. The quantitative estimate of drug-likeness (QED) is 0.377. The number of aromatic nitrogens is 1. The molecule has 3 aromatic carbocycles. The van der Waals surface area contributed by atoms with Crippen LogP contribution in [0.2, 0.25) is 5.02 Å². The summed E-state index contributed by atoms with van der Waals surface area (Å²) in [7, 11) is 0. The van der Waals surface area contributed by atoms with Crippen molar-refractivity contribution in [2.24, 2.45) is 0 Å². The summed E-state index contributed by atoms with van der Waals surface area (Å²) in [5, 5.41) is 4.56. The highest BCUT2D eigenvalue weighted by atomic mass is 35.5. The summed E-state index contributed by atoms with van der Waals surface area (Å²) >= 11 is 7.56. The van der Waals surface area contributed by atoms with Crippen LogP contribution < -0.4 is 10.1 Å². The van der Waals surface area contributed by atoms with E-state index in [-0.39, 0.29) is 5.91 Å². The van der Waals surface area contributed by atoms with Crippen LogP contribution in [0.25, 0.3) is 20.8 Å². The first-order chi connectivity index (χ1) is 14.3. The topological polar surface area (TPSA) is 51.2 Å². The van der Waals surface area contributed by atoms with Gasteiger partial charge in [-0.2, -0.15) is 0 Å². The third-order valence-electron chi connectivity index (χ3n) is 4.84. The van der Waals surface area contributed by atoms with Gasteiger partial charge >= 0.3 is 0 Å². The molecule has 1 amide bonds. The van der Waals surface area contributed by atoms with Gasteiger partial charge in [-0.25, -0.2) is 4.98 Å². The molecule has 0 fully saturated rings. The summed E-state index contributed by atoms with van der Waals surface area (Å²) in [5.41, 5.74) is 2.62. The molecule has 0 aliphatic rings. The lowest BCUT2D eigenvalue weighted by atomic mass is 10.0. The Hall–Kier alpha value is -2.89. The number of amides is 1. The van der Waals surface area contributed by atoms with Gasteiger partial charge in [-0.3, -0.25) is 4.79 Å². The fourth-order valence-electron chi connectivity index (χ4n) is 3.11. The molecule has 1 heterocycles. The second-order valence-corrected chi connectivity index (χ2v) is 8.95. The molecule has 0 saturated heterocycles. The van der Waals surface area contributed by atoms with E-state index in [9.17, 15) is 4.79 Å². The minimum Gasteiger partial charge on any atom is -0.478 e. The highest BCUT2D eigenvalue weighted by molar-refractivity contribution is 7.21. The van der Waals surface area contributed by atoms with Gasteiger partial charge in [0.15, 0.2) is 5.60 Å². The first kappa shape index (κ1) is 20.4. The third-order valence-corrected chi connectivity index (χ3v) is 6.16. The predicted molar refractivity (Wildman–Crippen MR) is 125 cm³/mol. The Labute approximate surface area is 184 Å². The van der Waals surface area contributed by atoms with Crippen LogP contribution >= 0.6 is 22.9 Å². The molecule has 4 rings (SSSR count). The van der Waals surface area contributed by atoms with E-state index in [1.807, 2.05) is 43.3 Å². The number of anilines is 1. The van der Waals surface area contributed by atoms with Crippen molar-refractivity contribution in [1.82, 2.24) is 4.98 Å². The summed E-state index contributed by atoms with van der Waals surface area (Å²) in [5.74, 6) is 0.349. The van der Waals surface area contributed by atoms with E-state index in [1.54, 1.807) is 49.4 Å². The second-order valence-electron chi connectivity index (χ2n) is 7.49. The minimum absolute atomic E-state index is 0.234. The maximum atomic E-state index is 13.0. The number of ether oxygens (including phenoxy) is 1. The summed E-state index contributed by atoms with van der Waals surface area (Å²) in [6.45, 7) is 5.47. The largest absolute Gasteiger partial charge is 0.478 e. The summed E-state index contributed by atoms with van der Waals surface area (Å²) in [6.07, 6.45) is 0. The number of rotatable bonds is 5. The van der Waals surface area contributed by atoms with Crippen molar-refractivity contribution in [3.8, 4) is 16.3 Å². The number of nitrogens with one attached hydrogen (secondary N) is 1. The minimum atomic E-state index is -1.06. The lowest BCUT2D eigenvalue weighted by Gasteiger charge is -2.26. The van der Waals surface area contributed by atoms with Gasteiger partial charge in [-0.1, -0.05) is 35.9 Å². The first-order valence-corrected chi connectivity index (χ1v) is 10.7. The average Bonchev–Trinajstić information content (AvgIpc) is 3.15. The molecule has 0 aliphatic heterocycles. The van der Waals surface area contributed by atoms with Gasteiger partial charge in [0.25, 0.3) is 5.91 Å². The van der Waals surface area contributed by atoms with Gasteiger partial charge in [-0.15, -0.1) is 11.3 Å². The molecular formula is C24H21ClN2O2S. The number of thiazole rings is 1. The molecule has 0 bridgehead atoms. The van der Waals surface area contributed by atoms with Crippen molar-refractivity contribution in [2.75, 3.05) is 5.32 Å². The maximum absolute atomic E-state index is 13.0. The van der Waals surface area contributed by atoms with Crippen molar-refractivity contribution in [3.05, 3.63) is 77.3 Å². The molecule has 0 aliphatic carbocycles. The molecule has 0 radical (unpaired) electrons. The van der Waals surface area contributed by atoms with Gasteiger partial charge in [-0.05, 0) is 68.8 Å². The van der Waals surface area contributed by atoms with Gasteiger partial charge in [0.2, 0.25) is 0 Å². The molecule has 0 saturated carbocycles. The van der Waals surface area contributed by atoms with E-state index in [2.05, 4.69) is 11.4 Å². The van der Waals surface area contributed by atoms with Crippen molar-refractivity contribution in [2.45, 2.75) is 26.4 Å². The number of hydrogen-bond donors (Lipinski definition) is 1. The highest BCUT2D eigenvalue weighted by Crippen LogP contribution is 2.34. The summed E-state index contributed by atoms with van der Waals surface area (Å²) in [6, 6.07) is 20.9. The SMILES string of the molecule is Cc1c(NC(=O)C(C)(C)Oc2ccc(Cl)cc2)cccc1-c1nc2ccccc2s1. The van der Waals surface area contributed by atoms with E-state index in [1.165, 1.54) is 0 Å². The van der Waals surface area contributed by atoms with Crippen molar-refractivity contribution in [3.63, 3.8) is 0 Å². The Morgan fingerprint density at radius 1 is 1.03 bits per heavy atom. The zero-order valence-electron chi connectivity index (χ0n) is 16.9. The Balaban J connectivity index is 1.57. The Kier molecular flexibility index (Phi) is 5.50. The number of hydrogen-bond acceptors (Lipinski definition) is 4. The molecule has 0 unspecified atom stereocenters. The van der Waals surface area contributed by atoms with E-state index in [0.717, 1.165) is 32.0 Å². The van der Waals surface area contributed by atoms with Crippen LogP contribution in [-0.4, -0.2) is 16.5 Å². The Bertz CT molecular complexity index is 1180. The van der Waals surface area contributed by atoms with Crippen LogP contribution in [-0.2, 0) is 4.79 Å². The number of nitrogens with zero attached hydrogens (tertiary/aromatic N) is 1. The fraction of sp³-hybridized carbons (Fsp3) is 0.167. The molecule has 0 spiro atoms. The van der Waals surface area contributed by atoms with Crippen molar-refractivity contribution in [1.29, 1.82) is 0 Å². The zero-order valence-corrected chi connectivity index (χ0v) is 18.5. The molecule has 4 nitrogen and oxygen atoms in total. The van der Waals surface area contributed by atoms with Crippen LogP contribution in [0.3, 0.4) is 0 Å². The van der Waals surface area contributed by atoms with Crippen LogP contribution in [0.5, 0.6) is 5.75 Å². The molecule has 4 aromatic rings. The monoisotopic (exact) mass is 436 g/mol. The zero-order chi connectivity index (χ0) is 21.3. The molecule has 0 atom stereocenters. The van der Waals surface area contributed by atoms with Gasteiger partial charge in [0.1, 0.15) is 10.8 Å². The van der Waals surface area contributed by atoms with Crippen molar-refractivity contribution >= 4 is 44.7 Å². The summed E-state index contributed by atoms with van der Waals surface area (Å²) < 4.78 is 7.04. The first-order valence-electron chi connectivity index (χ1n) is 9.55. The smallest absolute Gasteiger partial charge is 0.267 e. The number of fused-ring (bicyclic) bond motifs is 1. The van der Waals surface area contributed by atoms with E-state index in [0.29, 0.717) is 10.8 Å². The third kappa shape index (κ3) is 4.18. The molecule has 6 heteroatoms. The lowest BCUT2D eigenvalue weighted by Crippen LogP contribution is -2.42. The number of para-hydroxylation sites is 1. The maximum Gasteiger partial charge on any atom is 0.267 e. The van der Waals surface area contributed by atoms with Crippen molar-refractivity contribution < 1.29 is 9.53 Å². The standard InChI is InChI=1S/C24H21ClN2O2S/c1-15-18(22-26-20-8-4-5-10-21(20)30-22)7-6-9-19(15)27-23(28)24(2,3)29-17-13-11-16(25)12-14-17/h4-14H,1-3H3,(H,27,28). The molecule has 1 aromatic heterocycles. The number of carbonyl (C=O) groups is 1. The van der Waals surface area contributed by atoms with Crippen LogP contribution in [0, 0.1) is 6.92 Å². The number of carbonyl (C=O) groups excluding carboxylic acids is 1. The van der Waals surface area contributed by atoms with Crippen LogP contribution in [0.1, 0.15) is 19.4 Å². The fourth-order valence-corrected chi connectivity index (χ4v) is 4.28. The van der Waals surface area contributed by atoms with Gasteiger partial charge in [0.05, 0.1) is 10.2 Å². The Morgan fingerprint density at radius 2 is 1.77 bits per heavy atom. The average molecular weight is 437 g/mol. The number of benzene rings is 3. The van der Waals surface area contributed by atoms with E-state index >= 15 is 0 Å². The van der Waals surface area contributed by atoms with Gasteiger partial charge in [0, 0.05) is 16.3 Å². The van der Waals surface area contributed by atoms with E-state index in [4.69, 9.17) is 21.3 Å². The molecule has 1 N–H and O–H groups in total. The predicted octanol–water partition coefficient (Wildman–Crippen LogP) is 6.72. The molecule has 152 valence electrons. The van der Waals surface area contributed by atoms with Crippen LogP contribution in [0.15, 0.2) is 66.7 Å². The lowest BCUT2D eigenvalue weighted by molar-refractivity contribution is -0.128. The van der Waals surface area contributed by atoms with Gasteiger partial charge < -0.3 is 10.1 Å². The van der Waals surface area contributed by atoms with E-state index < -0.39 is 5.60 Å². The number of halogens is 1. The molecular weight excluding hydrogens is 416 g/mol. The molecule has 30 heavy (non-hydrogen) atoms. The normalized spacial score (nSPS) is 11.5. The highest BCUT2D eigenvalue weighted by Gasteiger charge is 2.30. The second kappa shape index (κ2) is 8.09.